The van der Waals surface area contributed by atoms with Crippen LogP contribution in [0.15, 0.2) is 48.5 Å². The predicted molar refractivity (Wildman–Crippen MR) is 150 cm³/mol. The van der Waals surface area contributed by atoms with Gasteiger partial charge in [-0.3, -0.25) is 9.59 Å². The molecule has 2 heterocycles. The highest BCUT2D eigenvalue weighted by Gasteiger charge is 2.47. The minimum atomic E-state index is -0.218. The number of nitrogens with one attached hydrogen (secondary N) is 1. The van der Waals surface area contributed by atoms with Crippen LogP contribution in [-0.2, 0) is 16.1 Å². The Bertz CT molecular complexity index is 1040. The van der Waals surface area contributed by atoms with Crippen LogP contribution in [0, 0.1) is 11.3 Å². The lowest BCUT2D eigenvalue weighted by Crippen LogP contribution is -2.45. The number of nitrogens with zero attached hydrogens (tertiary/aromatic N) is 2. The maximum atomic E-state index is 13.4. The van der Waals surface area contributed by atoms with Gasteiger partial charge in [0.25, 0.3) is 0 Å². The summed E-state index contributed by atoms with van der Waals surface area (Å²) in [6.07, 6.45) is 3.56. The van der Waals surface area contributed by atoms with Crippen LogP contribution in [0.1, 0.15) is 56.7 Å². The van der Waals surface area contributed by atoms with E-state index in [1.165, 1.54) is 0 Å². The van der Waals surface area contributed by atoms with E-state index in [0.717, 1.165) is 68.7 Å². The van der Waals surface area contributed by atoms with E-state index in [2.05, 4.69) is 10.2 Å². The average Bonchev–Trinajstić information content (AvgIpc) is 3.18. The molecule has 2 aliphatic rings. The minimum Gasteiger partial charge on any atom is -0.497 e. The molecule has 1 atom stereocenters. The number of carbonyl (C=O) groups is 2. The van der Waals surface area contributed by atoms with Gasteiger partial charge in [0.15, 0.2) is 0 Å². The summed E-state index contributed by atoms with van der Waals surface area (Å²) in [4.78, 5) is 30.3. The molecule has 0 radical (unpaired) electrons. The van der Waals surface area contributed by atoms with Gasteiger partial charge in [-0.1, -0.05) is 49.7 Å². The fraction of sp³-hybridized carbons (Fsp3) is 0.517. The van der Waals surface area contributed by atoms with E-state index < -0.39 is 0 Å². The Labute approximate surface area is 232 Å². The predicted octanol–water partition coefficient (Wildman–Crippen LogP) is 5.49. The van der Waals surface area contributed by atoms with Crippen molar-refractivity contribution in [3.63, 3.8) is 0 Å². The number of likely N-dealkylation sites (tertiary alicyclic amines) is 2. The van der Waals surface area contributed by atoms with E-state index in [4.69, 9.17) is 16.3 Å². The summed E-state index contributed by atoms with van der Waals surface area (Å²) >= 11 is 6.08. The lowest BCUT2D eigenvalue weighted by molar-refractivity contribution is -0.139. The number of methoxy groups -OCH3 is 1. The number of halogens is 2. The van der Waals surface area contributed by atoms with Crippen LogP contribution in [0.5, 0.6) is 5.75 Å². The Morgan fingerprint density at radius 2 is 1.65 bits per heavy atom. The molecule has 4 rings (SSSR count). The molecule has 2 aliphatic heterocycles. The van der Waals surface area contributed by atoms with Crippen LogP contribution in [0.2, 0.25) is 5.02 Å². The number of hydrogen-bond acceptors (Lipinski definition) is 4. The van der Waals surface area contributed by atoms with Gasteiger partial charge in [0.2, 0.25) is 11.8 Å². The third-order valence-corrected chi connectivity index (χ3v) is 8.05. The molecule has 2 amide bonds. The normalized spacial score (nSPS) is 18.1. The SMILES string of the molecule is COc1ccc(CN2CCC3(CCN(CCC(NC(=O)C(C)C)c4ccc(Cl)cc4)CC3)C2=O)cc1.Cl. The summed E-state index contributed by atoms with van der Waals surface area (Å²) in [5.74, 6) is 1.13. The summed E-state index contributed by atoms with van der Waals surface area (Å²) in [6.45, 7) is 8.01. The van der Waals surface area contributed by atoms with Crippen LogP contribution in [0.4, 0.5) is 0 Å². The van der Waals surface area contributed by atoms with Gasteiger partial charge >= 0.3 is 0 Å². The first-order valence-electron chi connectivity index (χ1n) is 13.0. The Hall–Kier alpha value is -2.28. The lowest BCUT2D eigenvalue weighted by Gasteiger charge is -2.38. The van der Waals surface area contributed by atoms with Crippen molar-refractivity contribution in [3.05, 3.63) is 64.7 Å². The monoisotopic (exact) mass is 547 g/mol. The van der Waals surface area contributed by atoms with Crippen molar-refractivity contribution in [2.24, 2.45) is 11.3 Å². The molecule has 2 saturated heterocycles. The molecule has 0 aliphatic carbocycles. The molecule has 202 valence electrons. The Morgan fingerprint density at radius 3 is 2.24 bits per heavy atom. The van der Waals surface area contributed by atoms with Crippen LogP contribution in [-0.4, -0.2) is 54.9 Å². The quantitative estimate of drug-likeness (QED) is 0.451. The van der Waals surface area contributed by atoms with Crippen molar-refractivity contribution in [2.45, 2.75) is 52.1 Å². The third kappa shape index (κ3) is 7.18. The highest BCUT2D eigenvalue weighted by Crippen LogP contribution is 2.42. The Kier molecular flexibility index (Phi) is 10.3. The summed E-state index contributed by atoms with van der Waals surface area (Å²) in [5.41, 5.74) is 1.99. The minimum absolute atomic E-state index is 0. The van der Waals surface area contributed by atoms with Gasteiger partial charge in [-0.2, -0.15) is 0 Å². The first-order valence-corrected chi connectivity index (χ1v) is 13.4. The van der Waals surface area contributed by atoms with E-state index in [1.54, 1.807) is 7.11 Å². The standard InChI is InChI=1S/C29H38ClN3O3.ClH/c1-21(2)27(34)31-26(23-6-8-24(30)9-7-23)12-16-32-17-13-29(14-18-32)15-19-33(28(29)35)20-22-4-10-25(36-3)11-5-22;/h4-11,21,26H,12-20H2,1-3H3,(H,31,34);1H. The van der Waals surface area contributed by atoms with Crippen LogP contribution < -0.4 is 10.1 Å². The molecule has 0 bridgehead atoms. The van der Waals surface area contributed by atoms with Crippen LogP contribution in [0.25, 0.3) is 0 Å². The highest BCUT2D eigenvalue weighted by molar-refractivity contribution is 6.30. The topological polar surface area (TPSA) is 61.9 Å². The third-order valence-electron chi connectivity index (χ3n) is 7.79. The second kappa shape index (κ2) is 13.0. The van der Waals surface area contributed by atoms with Crippen molar-refractivity contribution in [1.82, 2.24) is 15.1 Å². The first kappa shape index (κ1) is 29.3. The van der Waals surface area contributed by atoms with Crippen molar-refractivity contribution >= 4 is 35.8 Å². The second-order valence-corrected chi connectivity index (χ2v) is 10.9. The van der Waals surface area contributed by atoms with E-state index in [9.17, 15) is 9.59 Å². The van der Waals surface area contributed by atoms with Gasteiger partial charge in [0.1, 0.15) is 5.75 Å². The van der Waals surface area contributed by atoms with Gasteiger partial charge in [0, 0.05) is 30.6 Å². The molecular formula is C29H39Cl2N3O3. The number of carbonyl (C=O) groups excluding carboxylic acids is 2. The Morgan fingerprint density at radius 1 is 1.03 bits per heavy atom. The zero-order chi connectivity index (χ0) is 25.7. The van der Waals surface area contributed by atoms with E-state index >= 15 is 0 Å². The first-order chi connectivity index (χ1) is 17.3. The lowest BCUT2D eigenvalue weighted by atomic mass is 9.77. The molecular weight excluding hydrogens is 509 g/mol. The average molecular weight is 549 g/mol. The largest absolute Gasteiger partial charge is 0.497 e. The number of amides is 2. The van der Waals surface area contributed by atoms with Gasteiger partial charge in [-0.15, -0.1) is 12.4 Å². The molecule has 0 saturated carbocycles. The van der Waals surface area contributed by atoms with Crippen LogP contribution >= 0.6 is 24.0 Å². The van der Waals surface area contributed by atoms with Crippen molar-refractivity contribution in [2.75, 3.05) is 33.3 Å². The molecule has 8 heteroatoms. The summed E-state index contributed by atoms with van der Waals surface area (Å²) in [7, 11) is 1.66. The number of hydrogen-bond donors (Lipinski definition) is 1. The van der Waals surface area contributed by atoms with Crippen molar-refractivity contribution in [1.29, 1.82) is 0 Å². The van der Waals surface area contributed by atoms with Crippen LogP contribution in [0.3, 0.4) is 0 Å². The number of rotatable bonds is 9. The van der Waals surface area contributed by atoms with E-state index in [-0.39, 0.29) is 35.7 Å². The van der Waals surface area contributed by atoms with Gasteiger partial charge in [-0.25, -0.2) is 0 Å². The molecule has 1 spiro atoms. The molecule has 2 aromatic rings. The molecule has 1 unspecified atom stereocenters. The molecule has 2 fully saturated rings. The molecule has 0 aromatic heterocycles. The maximum Gasteiger partial charge on any atom is 0.229 e. The smallest absolute Gasteiger partial charge is 0.229 e. The van der Waals surface area contributed by atoms with E-state index in [0.29, 0.717) is 17.5 Å². The molecule has 37 heavy (non-hydrogen) atoms. The van der Waals surface area contributed by atoms with Gasteiger partial charge < -0.3 is 19.9 Å². The summed E-state index contributed by atoms with van der Waals surface area (Å²) < 4.78 is 5.24. The molecule has 1 N–H and O–H groups in total. The van der Waals surface area contributed by atoms with Gasteiger partial charge in [0.05, 0.1) is 18.6 Å². The second-order valence-electron chi connectivity index (χ2n) is 10.5. The molecule has 2 aromatic carbocycles. The Balaban J connectivity index is 0.00000380. The van der Waals surface area contributed by atoms with Crippen molar-refractivity contribution in [3.8, 4) is 5.75 Å². The van der Waals surface area contributed by atoms with E-state index in [1.807, 2.05) is 67.3 Å². The van der Waals surface area contributed by atoms with Gasteiger partial charge in [-0.05, 0) is 74.2 Å². The zero-order valence-electron chi connectivity index (χ0n) is 22.0. The number of piperidine rings is 1. The fourth-order valence-electron chi connectivity index (χ4n) is 5.33. The zero-order valence-corrected chi connectivity index (χ0v) is 23.6. The number of ether oxygens (including phenoxy) is 1. The van der Waals surface area contributed by atoms with Crippen molar-refractivity contribution < 1.29 is 14.3 Å². The highest BCUT2D eigenvalue weighted by atomic mass is 35.5. The molecule has 6 nitrogen and oxygen atoms in total. The summed E-state index contributed by atoms with van der Waals surface area (Å²) in [5, 5.41) is 3.90. The summed E-state index contributed by atoms with van der Waals surface area (Å²) in [6, 6.07) is 15.7. The number of benzene rings is 2. The fourth-order valence-corrected chi connectivity index (χ4v) is 5.46. The maximum absolute atomic E-state index is 13.4.